The highest BCUT2D eigenvalue weighted by Crippen LogP contribution is 2.28. The van der Waals surface area contributed by atoms with Gasteiger partial charge in [-0.1, -0.05) is 109 Å². The first-order valence-electron chi connectivity index (χ1n) is 36.2. The van der Waals surface area contributed by atoms with E-state index < -0.39 is 20.6 Å². The fourth-order valence-electron chi connectivity index (χ4n) is 11.7. The molecule has 6 heterocycles. The third-order valence-electron chi connectivity index (χ3n) is 17.0. The Labute approximate surface area is 571 Å². The highest BCUT2D eigenvalue weighted by Gasteiger charge is 2.20. The first-order chi connectivity index (χ1) is 48.0. The van der Waals surface area contributed by atoms with Crippen LogP contribution in [0.5, 0.6) is 0 Å². The zero-order chi connectivity index (χ0) is 75.1. The predicted molar refractivity (Wildman–Crippen MR) is 389 cm³/mol. The molecule has 0 unspecified atom stereocenters. The largest absolute Gasteiger partial charge is 0.215 e. The molecule has 0 spiro atoms. The van der Waals surface area contributed by atoms with Crippen LogP contribution in [0.25, 0.3) is 67.5 Å². The van der Waals surface area contributed by atoms with Crippen LogP contribution in [-0.4, -0.2) is 0 Å². The summed E-state index contributed by atoms with van der Waals surface area (Å²) in [6.45, 7) is 18.9. The van der Waals surface area contributed by atoms with Crippen LogP contribution in [0, 0.1) is 104 Å². The Morgan fingerprint density at radius 2 is 0.624 bits per heavy atom. The lowest BCUT2D eigenvalue weighted by atomic mass is 9.99. The van der Waals surface area contributed by atoms with E-state index in [0.717, 1.165) is 44.9 Å². The zero-order valence-corrected chi connectivity index (χ0v) is 58.2. The van der Waals surface area contributed by atoms with Gasteiger partial charge in [0.25, 0.3) is 0 Å². The van der Waals surface area contributed by atoms with Crippen molar-refractivity contribution in [3.05, 3.63) is 321 Å². The Morgan fingerprint density at radius 1 is 0.226 bits per heavy atom. The maximum atomic E-state index is 7.55. The van der Waals surface area contributed by atoms with Gasteiger partial charge in [0.05, 0.1) is 0 Å². The van der Waals surface area contributed by atoms with Gasteiger partial charge >= 0.3 is 0 Å². The van der Waals surface area contributed by atoms with E-state index in [2.05, 4.69) is 243 Å². The van der Waals surface area contributed by atoms with Crippen molar-refractivity contribution in [2.45, 2.75) is 104 Å². The van der Waals surface area contributed by atoms with E-state index in [9.17, 15) is 0 Å². The van der Waals surface area contributed by atoms with Crippen LogP contribution in [0.2, 0.25) is 0 Å². The van der Waals surface area contributed by atoms with Gasteiger partial charge < -0.3 is 0 Å². The van der Waals surface area contributed by atoms with Crippen LogP contribution < -0.4 is 27.4 Å². The lowest BCUT2D eigenvalue weighted by Gasteiger charge is -2.08. The Hall–Kier alpha value is -9.78. The Bertz CT molecular complexity index is 4850. The van der Waals surface area contributed by atoms with E-state index >= 15 is 0 Å². The Kier molecular flexibility index (Phi) is 20.7. The lowest BCUT2D eigenvalue weighted by molar-refractivity contribution is -0.661. The number of aromatic nitrogens is 6. The molecule has 0 saturated heterocycles. The van der Waals surface area contributed by atoms with Gasteiger partial charge in [-0.05, 0) is 208 Å². The minimum absolute atomic E-state index is 0.363. The number of hydrogen-bond donors (Lipinski definition) is 0. The summed E-state index contributed by atoms with van der Waals surface area (Å²) in [5.41, 5.74) is 30.1. The molecular formula is C87H102N6+6. The number of benzene rings is 6. The third kappa shape index (κ3) is 18.5. The van der Waals surface area contributed by atoms with Gasteiger partial charge in [-0.3, -0.25) is 0 Å². The molecule has 0 amide bonds. The summed E-state index contributed by atoms with van der Waals surface area (Å²) in [6, 6.07) is 67.8. The van der Waals surface area contributed by atoms with Crippen molar-refractivity contribution in [3.63, 3.8) is 0 Å². The number of pyridine rings is 6. The fraction of sp³-hybridized carbons (Fsp3) is 0.241. The number of aryl methyl sites for hydroxylation is 20. The standard InChI is InChI=1S/3C15H18N.3C14H16N/c1-11-9-13(3)15(16(4)10-11)14-8-6-5-7-12(14)2;1-11-7-5-6-8-14(11)15-9-12(2)13(3)10-16(15)4;1-11-9-10-16(4)15(13(11)3)14-8-6-5-7-12(14)2;1-11-7-4-5-9-13(11)14-12(2)8-6-10-15(14)3;1-11-8-9-15(3)14(10-11)13-7-5-4-6-12(13)2;1-11-8-9-14(15(3)10-11)13-7-5-4-6-12(13)2/h3*5-10H,1-4H3;3*4-10H,1-3H3/q6*+1/i1D3;3D3;;;;1D3. The number of rotatable bonds is 6. The van der Waals surface area contributed by atoms with E-state index in [1.165, 1.54) is 89.4 Å². The van der Waals surface area contributed by atoms with Crippen LogP contribution in [0.15, 0.2) is 237 Å². The van der Waals surface area contributed by atoms with Crippen LogP contribution in [0.1, 0.15) is 95.8 Å². The average molecular weight is 1240 g/mol. The molecular weight excluding hydrogens is 1130 g/mol. The molecule has 6 aromatic carbocycles. The molecule has 93 heavy (non-hydrogen) atoms. The second kappa shape index (κ2) is 33.0. The van der Waals surface area contributed by atoms with Crippen molar-refractivity contribution in [2.75, 3.05) is 0 Å². The normalized spacial score (nSPS) is 12.3. The van der Waals surface area contributed by atoms with Crippen molar-refractivity contribution in [1.82, 2.24) is 0 Å². The van der Waals surface area contributed by atoms with Gasteiger partial charge in [-0.25, -0.2) is 27.4 Å². The van der Waals surface area contributed by atoms with Gasteiger partial charge in [-0.2, -0.15) is 0 Å². The van der Waals surface area contributed by atoms with E-state index in [4.69, 9.17) is 12.3 Å². The number of hydrogen-bond acceptors (Lipinski definition) is 0. The van der Waals surface area contributed by atoms with Crippen molar-refractivity contribution in [1.29, 1.82) is 0 Å². The van der Waals surface area contributed by atoms with Crippen molar-refractivity contribution in [3.8, 4) is 67.5 Å². The first-order valence-corrected chi connectivity index (χ1v) is 31.7. The van der Waals surface area contributed by atoms with Crippen molar-refractivity contribution >= 4 is 0 Å². The summed E-state index contributed by atoms with van der Waals surface area (Å²) in [5.74, 6) is 0. The van der Waals surface area contributed by atoms with Crippen LogP contribution in [0.3, 0.4) is 0 Å². The van der Waals surface area contributed by atoms with Crippen LogP contribution >= 0.6 is 0 Å². The average Bonchev–Trinajstić information content (AvgIpc) is 0.811. The Balaban J connectivity index is 0.000000172. The second-order valence-corrected chi connectivity index (χ2v) is 24.5. The summed E-state index contributed by atoms with van der Waals surface area (Å²) >= 11 is 0. The molecule has 0 aliphatic heterocycles. The van der Waals surface area contributed by atoms with Gasteiger partial charge in [0.15, 0.2) is 37.2 Å². The molecule has 0 saturated carbocycles. The lowest BCUT2D eigenvalue weighted by Crippen LogP contribution is -2.32. The molecule has 474 valence electrons. The molecule has 0 radical (unpaired) electrons. The molecule has 6 aromatic heterocycles. The summed E-state index contributed by atoms with van der Waals surface area (Å²) < 4.78 is 79.6. The van der Waals surface area contributed by atoms with Crippen molar-refractivity contribution < 1.29 is 39.7 Å². The maximum Gasteiger partial charge on any atom is 0.215 e. The predicted octanol–water partition coefficient (Wildman–Crippen LogP) is 17.7. The maximum absolute atomic E-state index is 7.55. The van der Waals surface area contributed by atoms with E-state index in [-0.39, 0.29) is 0 Å². The van der Waals surface area contributed by atoms with Gasteiger partial charge in [0.1, 0.15) is 42.3 Å². The highest BCUT2D eigenvalue weighted by atomic mass is 14.9. The summed E-state index contributed by atoms with van der Waals surface area (Å²) in [4.78, 5) is 0. The number of nitrogens with zero attached hydrogens (tertiary/aromatic N) is 6. The quantitative estimate of drug-likeness (QED) is 0.148. The highest BCUT2D eigenvalue weighted by molar-refractivity contribution is 5.67. The van der Waals surface area contributed by atoms with E-state index in [1.807, 2.05) is 116 Å². The summed E-state index contributed by atoms with van der Waals surface area (Å²) in [5, 5.41) is 0. The molecule has 0 aliphatic carbocycles. The molecule has 0 bridgehead atoms. The first kappa shape index (κ1) is 58.3. The third-order valence-corrected chi connectivity index (χ3v) is 17.0. The molecule has 12 rings (SSSR count). The summed E-state index contributed by atoms with van der Waals surface area (Å²) in [6.07, 6.45) is 11.4. The second-order valence-electron chi connectivity index (χ2n) is 24.5. The monoisotopic (exact) mass is 1240 g/mol. The molecule has 0 aliphatic rings. The van der Waals surface area contributed by atoms with Gasteiger partial charge in [0.2, 0.25) is 34.2 Å². The Morgan fingerprint density at radius 3 is 1.08 bits per heavy atom. The SMILES string of the molecule is Cc1cc[n+](C)c(-c2ccccc2C)c1.Cc1ccccc1-c1c(C)c(C)cc[n+]1C.Cc1ccccc1-c1c(C)ccc[n+]1C.[2H]C([2H])([2H])c1c[n+](C)c(-c2ccccc2C)cc1C.[2H]C([2H])([2H])c1cc(C)c(-c2ccccc2C)[n+](C)c1.[2H]C([2H])([2H])c1ccc(-c2ccccc2C)[n+](C)c1. The zero-order valence-electron chi connectivity index (χ0n) is 67.2. The molecule has 0 N–H and O–H groups in total. The van der Waals surface area contributed by atoms with E-state index in [1.54, 1.807) is 30.7 Å². The minimum Gasteiger partial charge on any atom is -0.201 e. The van der Waals surface area contributed by atoms with Crippen LogP contribution in [0.4, 0.5) is 0 Å². The topological polar surface area (TPSA) is 23.3 Å². The molecule has 6 nitrogen and oxygen atoms in total. The van der Waals surface area contributed by atoms with Gasteiger partial charge in [-0.15, -0.1) is 0 Å². The van der Waals surface area contributed by atoms with Crippen LogP contribution in [-0.2, 0) is 42.3 Å². The summed E-state index contributed by atoms with van der Waals surface area (Å²) in [7, 11) is 11.9. The van der Waals surface area contributed by atoms with E-state index in [0.29, 0.717) is 16.7 Å². The smallest absolute Gasteiger partial charge is 0.201 e. The minimum atomic E-state index is -2.06. The molecule has 0 atom stereocenters. The van der Waals surface area contributed by atoms with Gasteiger partial charge in [0, 0.05) is 115 Å². The fourth-order valence-corrected chi connectivity index (χ4v) is 11.7. The molecule has 0 fully saturated rings. The molecule has 6 heteroatoms. The molecule has 12 aromatic rings. The van der Waals surface area contributed by atoms with Crippen molar-refractivity contribution in [2.24, 2.45) is 42.3 Å².